The van der Waals surface area contributed by atoms with Crippen LogP contribution in [0.5, 0.6) is 0 Å². The van der Waals surface area contributed by atoms with E-state index in [1.165, 1.54) is 263 Å². The SMILES string of the molecule is CCCCCCC/C=C\C/C=C\C/C=C\CCCCCCCCC(=O)OC(COC(=O)CCCCCCCCCCC)COC(=O)CCCCCCCCCCCCCCCCCCCCC/C=C\CCCCCCCCCC. The van der Waals surface area contributed by atoms with Crippen molar-refractivity contribution >= 4 is 17.9 Å². The van der Waals surface area contributed by atoms with E-state index in [2.05, 4.69) is 69.4 Å². The van der Waals surface area contributed by atoms with Crippen LogP contribution in [-0.2, 0) is 28.6 Å². The van der Waals surface area contributed by atoms with E-state index >= 15 is 0 Å². The first kappa shape index (κ1) is 76.4. The maximum absolute atomic E-state index is 12.9. The topological polar surface area (TPSA) is 78.9 Å². The third-order valence-electron chi connectivity index (χ3n) is 15.8. The molecular formula is C73H134O6. The second kappa shape index (κ2) is 67.9. The second-order valence-electron chi connectivity index (χ2n) is 23.8. The van der Waals surface area contributed by atoms with Crippen LogP contribution in [0.4, 0.5) is 0 Å². The van der Waals surface area contributed by atoms with Crippen LogP contribution in [0.1, 0.15) is 380 Å². The molecule has 6 heteroatoms. The van der Waals surface area contributed by atoms with Crippen LogP contribution >= 0.6 is 0 Å². The van der Waals surface area contributed by atoms with Crippen molar-refractivity contribution in [2.24, 2.45) is 0 Å². The van der Waals surface area contributed by atoms with Gasteiger partial charge in [-0.25, -0.2) is 0 Å². The first-order valence-corrected chi connectivity index (χ1v) is 35.1. The lowest BCUT2D eigenvalue weighted by molar-refractivity contribution is -0.167. The molecule has 0 N–H and O–H groups in total. The zero-order chi connectivity index (χ0) is 57.1. The number of unbranched alkanes of at least 4 members (excludes halogenated alkanes) is 46. The summed E-state index contributed by atoms with van der Waals surface area (Å²) in [6.07, 6.45) is 85.9. The van der Waals surface area contributed by atoms with E-state index in [9.17, 15) is 14.4 Å². The van der Waals surface area contributed by atoms with Gasteiger partial charge in [-0.15, -0.1) is 0 Å². The Morgan fingerprint density at radius 1 is 0.253 bits per heavy atom. The first-order valence-electron chi connectivity index (χ1n) is 35.1. The molecule has 79 heavy (non-hydrogen) atoms. The van der Waals surface area contributed by atoms with E-state index in [1.54, 1.807) is 0 Å². The molecule has 6 nitrogen and oxygen atoms in total. The summed E-state index contributed by atoms with van der Waals surface area (Å²) in [7, 11) is 0. The molecule has 0 amide bonds. The number of carbonyl (C=O) groups is 3. The Morgan fingerprint density at radius 2 is 0.456 bits per heavy atom. The van der Waals surface area contributed by atoms with Crippen molar-refractivity contribution in [1.82, 2.24) is 0 Å². The summed E-state index contributed by atoms with van der Waals surface area (Å²) < 4.78 is 16.9. The van der Waals surface area contributed by atoms with Crippen LogP contribution in [0, 0.1) is 0 Å². The number of rotatable bonds is 65. The van der Waals surface area contributed by atoms with Gasteiger partial charge in [0.15, 0.2) is 6.10 Å². The van der Waals surface area contributed by atoms with Crippen LogP contribution in [0.3, 0.4) is 0 Å². The molecule has 0 fully saturated rings. The van der Waals surface area contributed by atoms with Crippen LogP contribution in [-0.4, -0.2) is 37.2 Å². The third kappa shape index (κ3) is 66.1. The molecular weight excluding hydrogens is 973 g/mol. The van der Waals surface area contributed by atoms with E-state index in [-0.39, 0.29) is 31.1 Å². The Balaban J connectivity index is 4.10. The molecule has 0 saturated heterocycles. The lowest BCUT2D eigenvalue weighted by Gasteiger charge is -2.18. The van der Waals surface area contributed by atoms with E-state index in [1.807, 2.05) is 0 Å². The highest BCUT2D eigenvalue weighted by molar-refractivity contribution is 5.71. The lowest BCUT2D eigenvalue weighted by atomic mass is 10.0. The summed E-state index contributed by atoms with van der Waals surface area (Å²) in [5.41, 5.74) is 0. The van der Waals surface area contributed by atoms with Crippen LogP contribution in [0.15, 0.2) is 48.6 Å². The van der Waals surface area contributed by atoms with Crippen LogP contribution < -0.4 is 0 Å². The van der Waals surface area contributed by atoms with Gasteiger partial charge in [-0.3, -0.25) is 14.4 Å². The fraction of sp³-hybridized carbons (Fsp3) is 0.849. The molecule has 0 aliphatic rings. The number of hydrogen-bond donors (Lipinski definition) is 0. The van der Waals surface area contributed by atoms with Crippen molar-refractivity contribution in [2.75, 3.05) is 13.2 Å². The molecule has 0 aromatic rings. The molecule has 0 saturated carbocycles. The highest BCUT2D eigenvalue weighted by Crippen LogP contribution is 2.18. The van der Waals surface area contributed by atoms with Gasteiger partial charge in [0.05, 0.1) is 0 Å². The molecule has 0 spiro atoms. The van der Waals surface area contributed by atoms with Crippen molar-refractivity contribution in [3.05, 3.63) is 48.6 Å². The first-order chi connectivity index (χ1) is 39.0. The Kier molecular flexibility index (Phi) is 65.6. The summed E-state index contributed by atoms with van der Waals surface area (Å²) >= 11 is 0. The largest absolute Gasteiger partial charge is 0.462 e. The summed E-state index contributed by atoms with van der Waals surface area (Å²) in [5.74, 6) is -0.867. The Labute approximate surface area is 492 Å². The van der Waals surface area contributed by atoms with Gasteiger partial charge in [-0.2, -0.15) is 0 Å². The summed E-state index contributed by atoms with van der Waals surface area (Å²) in [4.78, 5) is 38.2. The van der Waals surface area contributed by atoms with Gasteiger partial charge < -0.3 is 14.2 Å². The molecule has 0 heterocycles. The van der Waals surface area contributed by atoms with E-state index in [0.29, 0.717) is 19.3 Å². The smallest absolute Gasteiger partial charge is 0.306 e. The van der Waals surface area contributed by atoms with E-state index < -0.39 is 6.10 Å². The summed E-state index contributed by atoms with van der Waals surface area (Å²) in [5, 5.41) is 0. The lowest BCUT2D eigenvalue weighted by Crippen LogP contribution is -2.30. The van der Waals surface area contributed by atoms with Gasteiger partial charge in [0.2, 0.25) is 0 Å². The number of ether oxygens (including phenoxy) is 3. The normalized spacial score (nSPS) is 12.3. The minimum absolute atomic E-state index is 0.0741. The van der Waals surface area contributed by atoms with Crippen molar-refractivity contribution in [2.45, 2.75) is 386 Å². The van der Waals surface area contributed by atoms with E-state index in [0.717, 1.165) is 77.0 Å². The zero-order valence-electron chi connectivity index (χ0n) is 53.2. The molecule has 0 aliphatic carbocycles. The fourth-order valence-electron chi connectivity index (χ4n) is 10.5. The van der Waals surface area contributed by atoms with Crippen molar-refractivity contribution < 1.29 is 28.6 Å². The second-order valence-corrected chi connectivity index (χ2v) is 23.8. The average Bonchev–Trinajstić information content (AvgIpc) is 3.45. The van der Waals surface area contributed by atoms with Crippen molar-refractivity contribution in [1.29, 1.82) is 0 Å². The minimum Gasteiger partial charge on any atom is -0.462 e. The van der Waals surface area contributed by atoms with Gasteiger partial charge in [0.1, 0.15) is 13.2 Å². The zero-order valence-corrected chi connectivity index (χ0v) is 53.2. The van der Waals surface area contributed by atoms with Gasteiger partial charge in [0.25, 0.3) is 0 Å². The molecule has 1 unspecified atom stereocenters. The van der Waals surface area contributed by atoms with Crippen molar-refractivity contribution in [3.63, 3.8) is 0 Å². The quantitative estimate of drug-likeness (QED) is 0.0261. The minimum atomic E-state index is -0.777. The Bertz CT molecular complexity index is 1360. The average molecular weight is 1110 g/mol. The van der Waals surface area contributed by atoms with Gasteiger partial charge in [-0.1, -0.05) is 326 Å². The van der Waals surface area contributed by atoms with Crippen LogP contribution in [0.2, 0.25) is 0 Å². The number of carbonyl (C=O) groups excluding carboxylic acids is 3. The van der Waals surface area contributed by atoms with Crippen LogP contribution in [0.25, 0.3) is 0 Å². The van der Waals surface area contributed by atoms with E-state index in [4.69, 9.17) is 14.2 Å². The maximum atomic E-state index is 12.9. The monoisotopic (exact) mass is 1110 g/mol. The van der Waals surface area contributed by atoms with Gasteiger partial charge in [0, 0.05) is 19.3 Å². The van der Waals surface area contributed by atoms with Gasteiger partial charge in [-0.05, 0) is 83.5 Å². The maximum Gasteiger partial charge on any atom is 0.306 e. The molecule has 0 aliphatic heterocycles. The highest BCUT2D eigenvalue weighted by atomic mass is 16.6. The predicted molar refractivity (Wildman–Crippen MR) is 344 cm³/mol. The molecule has 0 bridgehead atoms. The fourth-order valence-corrected chi connectivity index (χ4v) is 10.5. The summed E-state index contributed by atoms with van der Waals surface area (Å²) in [6.45, 7) is 6.65. The molecule has 1 atom stereocenters. The standard InChI is InChI=1S/C73H134O6/c1-4-7-10-13-16-19-21-23-25-27-29-31-32-33-34-35-36-37-38-39-40-42-43-45-47-49-51-54-57-60-63-66-72(75)78-69-70(68-77-71(74)65-62-59-56-53-18-15-12-9-6-3)79-73(76)67-64-61-58-55-52-50-48-46-44-41-30-28-26-24-22-20-17-14-11-8-5-2/h22,24,27-30,44,46,70H,4-21,23,25-26,31-43,45,47-69H2,1-3H3/b24-22-,29-27-,30-28-,46-44-. The van der Waals surface area contributed by atoms with Crippen molar-refractivity contribution in [3.8, 4) is 0 Å². The predicted octanol–water partition coefficient (Wildman–Crippen LogP) is 24.1. The molecule has 0 radical (unpaired) electrons. The number of allylic oxidation sites excluding steroid dienone is 8. The Hall–Kier alpha value is -2.63. The highest BCUT2D eigenvalue weighted by Gasteiger charge is 2.19. The number of esters is 3. The van der Waals surface area contributed by atoms with Gasteiger partial charge >= 0.3 is 17.9 Å². The number of hydrogen-bond acceptors (Lipinski definition) is 6. The third-order valence-corrected chi connectivity index (χ3v) is 15.8. The molecule has 0 aromatic carbocycles. The molecule has 0 aromatic heterocycles. The Morgan fingerprint density at radius 3 is 0.722 bits per heavy atom. The molecule has 0 rings (SSSR count). The molecule has 462 valence electrons. The summed E-state index contributed by atoms with van der Waals surface area (Å²) in [6, 6.07) is 0.